The fourth-order valence-electron chi connectivity index (χ4n) is 0.274. The van der Waals surface area contributed by atoms with E-state index < -0.39 is 0 Å². The summed E-state index contributed by atoms with van der Waals surface area (Å²) in [4.78, 5) is 0. The third kappa shape index (κ3) is 3.69. The van der Waals surface area contributed by atoms with Crippen LogP contribution in [-0.2, 0) is 4.74 Å². The van der Waals surface area contributed by atoms with Crippen LogP contribution < -0.4 is 0 Å². The molecule has 0 spiro atoms. The first-order valence-corrected chi connectivity index (χ1v) is 4.17. The van der Waals surface area contributed by atoms with E-state index in [9.17, 15) is 0 Å². The first-order chi connectivity index (χ1) is 3.85. The monoisotopic (exact) mass is 246 g/mol. The molecule has 0 aliphatic heterocycles. The van der Waals surface area contributed by atoms with E-state index >= 15 is 0 Å². The Hall–Kier alpha value is 0.720. The minimum absolute atomic E-state index is 0.174. The van der Waals surface area contributed by atoms with Gasteiger partial charge in [0.25, 0.3) is 0 Å². The Kier molecular flexibility index (Phi) is 6.38. The first kappa shape index (κ1) is 8.72. The lowest BCUT2D eigenvalue weighted by Crippen LogP contribution is -2.06. The van der Waals surface area contributed by atoms with Crippen LogP contribution in [0.2, 0.25) is 0 Å². The minimum atomic E-state index is 0.174. The molecule has 1 unspecified atom stereocenters. The maximum Gasteiger partial charge on any atom is 0.0852 e. The highest BCUT2D eigenvalue weighted by atomic mass is 127. The number of hydrogen-bond acceptors (Lipinski definition) is 1. The Bertz CT molecular complexity index is 70.8. The number of hydrogen-bond donors (Lipinski definition) is 0. The van der Waals surface area contributed by atoms with Gasteiger partial charge in [-0.1, -0.05) is 34.2 Å². The molecular weight excluding hydrogens is 238 g/mol. The molecule has 0 fully saturated rings. The van der Waals surface area contributed by atoms with Crippen molar-refractivity contribution in [2.24, 2.45) is 0 Å². The quantitative estimate of drug-likeness (QED) is 0.548. The second-order valence-corrected chi connectivity index (χ2v) is 2.38. The molecule has 0 N–H and O–H groups in total. The van der Waals surface area contributed by atoms with Crippen molar-refractivity contribution in [1.29, 1.82) is 0 Å². The van der Waals surface area contributed by atoms with Gasteiger partial charge in [0.1, 0.15) is 0 Å². The predicted octanol–water partition coefficient (Wildman–Crippen LogP) is 2.19. The Balaban J connectivity index is 3.36. The van der Waals surface area contributed by atoms with Crippen LogP contribution in [0.3, 0.4) is 0 Å². The topological polar surface area (TPSA) is 9.23 Å². The summed E-state index contributed by atoms with van der Waals surface area (Å²) in [6.07, 6.45) is 1.99. The molecule has 8 heavy (non-hydrogen) atoms. The molecule has 0 heterocycles. The molecule has 48 valence electrons. The lowest BCUT2D eigenvalue weighted by atomic mass is 10.4. The number of rotatable bonds is 3. The lowest BCUT2D eigenvalue weighted by Gasteiger charge is -2.03. The van der Waals surface area contributed by atoms with Gasteiger partial charge in [0.15, 0.2) is 0 Å². The second kappa shape index (κ2) is 5.85. The summed E-state index contributed by atoms with van der Waals surface area (Å²) in [5.74, 6) is 0. The zero-order valence-corrected chi connectivity index (χ0v) is 7.52. The van der Waals surface area contributed by atoms with Crippen LogP contribution in [0.5, 0.6) is 0 Å². The fourth-order valence-corrected chi connectivity index (χ4v) is 1.09. The largest absolute Gasteiger partial charge is 0.377 e. The lowest BCUT2D eigenvalue weighted by molar-refractivity contribution is 0.162. The molecule has 0 saturated heterocycles. The van der Waals surface area contributed by atoms with Crippen molar-refractivity contribution in [3.63, 3.8) is 0 Å². The van der Waals surface area contributed by atoms with E-state index in [1.165, 1.54) is 5.54 Å². The molecule has 1 nitrogen and oxygen atoms in total. The molecule has 0 aromatic rings. The molecule has 0 bridgehead atoms. The van der Waals surface area contributed by atoms with Crippen LogP contribution in [-0.4, -0.2) is 17.6 Å². The normalized spacial score (nSPS) is 14.9. The fraction of sp³-hybridized carbons (Fsp3) is 0.600. The van der Waals surface area contributed by atoms with Gasteiger partial charge in [0.2, 0.25) is 0 Å². The van der Waals surface area contributed by atoms with E-state index in [-0.39, 0.29) is 6.10 Å². The van der Waals surface area contributed by atoms with Gasteiger partial charge in [-0.15, -0.1) is 0 Å². The SMILES string of the molecule is COC(/C=C/Cl)CI. The summed E-state index contributed by atoms with van der Waals surface area (Å²) in [5.41, 5.74) is 1.48. The first-order valence-electron chi connectivity index (χ1n) is 2.20. The van der Waals surface area contributed by atoms with E-state index in [2.05, 4.69) is 22.6 Å². The van der Waals surface area contributed by atoms with Crippen LogP contribution >= 0.6 is 34.2 Å². The van der Waals surface area contributed by atoms with Gasteiger partial charge in [-0.05, 0) is 6.08 Å². The van der Waals surface area contributed by atoms with Crippen molar-refractivity contribution in [1.82, 2.24) is 0 Å². The van der Waals surface area contributed by atoms with Gasteiger partial charge >= 0.3 is 0 Å². The van der Waals surface area contributed by atoms with Gasteiger partial charge in [0.05, 0.1) is 6.10 Å². The molecule has 1 atom stereocenters. The Morgan fingerprint density at radius 3 is 2.62 bits per heavy atom. The van der Waals surface area contributed by atoms with Crippen LogP contribution in [0.25, 0.3) is 0 Å². The average Bonchev–Trinajstić information content (AvgIpc) is 1.83. The molecule has 0 aliphatic carbocycles. The standard InChI is InChI=1S/C5H8ClIO/c1-8-5(4-7)2-3-6/h2-3,5H,4H2,1H3/b3-2+. The van der Waals surface area contributed by atoms with Gasteiger partial charge in [0, 0.05) is 17.1 Å². The van der Waals surface area contributed by atoms with Crippen LogP contribution in [0.15, 0.2) is 11.6 Å². The van der Waals surface area contributed by atoms with E-state index in [1.54, 1.807) is 7.11 Å². The predicted molar refractivity (Wildman–Crippen MR) is 44.7 cm³/mol. The molecule has 0 radical (unpaired) electrons. The van der Waals surface area contributed by atoms with E-state index in [1.807, 2.05) is 6.08 Å². The van der Waals surface area contributed by atoms with Crippen LogP contribution in [0.1, 0.15) is 0 Å². The average molecular weight is 246 g/mol. The number of alkyl halides is 1. The van der Waals surface area contributed by atoms with Crippen molar-refractivity contribution in [3.05, 3.63) is 11.6 Å². The third-order valence-electron chi connectivity index (χ3n) is 0.742. The van der Waals surface area contributed by atoms with Crippen LogP contribution in [0.4, 0.5) is 0 Å². The summed E-state index contributed by atoms with van der Waals surface area (Å²) in [5, 5.41) is 0. The van der Waals surface area contributed by atoms with Crippen molar-refractivity contribution < 1.29 is 4.74 Å². The van der Waals surface area contributed by atoms with Gasteiger partial charge in [-0.25, -0.2) is 0 Å². The third-order valence-corrected chi connectivity index (χ3v) is 1.76. The van der Waals surface area contributed by atoms with Crippen molar-refractivity contribution in [2.75, 3.05) is 11.5 Å². The van der Waals surface area contributed by atoms with E-state index in [4.69, 9.17) is 16.3 Å². The Labute approximate surface area is 68.2 Å². The molecular formula is C5H8ClIO. The molecule has 0 aliphatic rings. The number of methoxy groups -OCH3 is 1. The van der Waals surface area contributed by atoms with E-state index in [0.29, 0.717) is 0 Å². The summed E-state index contributed by atoms with van der Waals surface area (Å²) in [6, 6.07) is 0. The maximum atomic E-state index is 5.29. The highest BCUT2D eigenvalue weighted by Gasteiger charge is 1.95. The number of ether oxygens (including phenoxy) is 1. The number of halogens is 2. The molecule has 0 amide bonds. The van der Waals surface area contributed by atoms with Gasteiger partial charge < -0.3 is 4.74 Å². The summed E-state index contributed by atoms with van der Waals surface area (Å²) >= 11 is 7.53. The van der Waals surface area contributed by atoms with Gasteiger partial charge in [-0.2, -0.15) is 0 Å². The van der Waals surface area contributed by atoms with E-state index in [0.717, 1.165) is 4.43 Å². The molecule has 0 saturated carbocycles. The summed E-state index contributed by atoms with van der Waals surface area (Å²) in [7, 11) is 1.67. The highest BCUT2D eigenvalue weighted by Crippen LogP contribution is 1.98. The highest BCUT2D eigenvalue weighted by molar-refractivity contribution is 14.1. The minimum Gasteiger partial charge on any atom is -0.377 e. The van der Waals surface area contributed by atoms with Crippen molar-refractivity contribution >= 4 is 34.2 Å². The Morgan fingerprint density at radius 1 is 1.88 bits per heavy atom. The summed E-state index contributed by atoms with van der Waals surface area (Å²) in [6.45, 7) is 0. The molecule has 0 aromatic carbocycles. The molecule has 3 heteroatoms. The van der Waals surface area contributed by atoms with Crippen molar-refractivity contribution in [2.45, 2.75) is 6.10 Å². The molecule has 0 aromatic heterocycles. The smallest absolute Gasteiger partial charge is 0.0852 e. The zero-order valence-electron chi connectivity index (χ0n) is 4.60. The zero-order chi connectivity index (χ0) is 6.41. The summed E-state index contributed by atoms with van der Waals surface area (Å²) < 4.78 is 5.90. The van der Waals surface area contributed by atoms with Gasteiger partial charge in [-0.3, -0.25) is 0 Å². The molecule has 0 rings (SSSR count). The second-order valence-electron chi connectivity index (χ2n) is 1.25. The van der Waals surface area contributed by atoms with Crippen molar-refractivity contribution in [3.8, 4) is 0 Å². The maximum absolute atomic E-state index is 5.29. The Morgan fingerprint density at radius 2 is 2.50 bits per heavy atom. The van der Waals surface area contributed by atoms with Crippen LogP contribution in [0, 0.1) is 0 Å².